The summed E-state index contributed by atoms with van der Waals surface area (Å²) in [4.78, 5) is 14.8. The summed E-state index contributed by atoms with van der Waals surface area (Å²) in [5.74, 6) is 2.77. The van der Waals surface area contributed by atoms with Crippen LogP contribution in [-0.2, 0) is 11.3 Å². The number of rotatable bonds is 7. The predicted molar refractivity (Wildman–Crippen MR) is 116 cm³/mol. The highest BCUT2D eigenvalue weighted by Crippen LogP contribution is 2.28. The molecule has 1 aromatic carbocycles. The van der Waals surface area contributed by atoms with Crippen molar-refractivity contribution >= 4 is 17.7 Å². The van der Waals surface area contributed by atoms with Gasteiger partial charge in [0.2, 0.25) is 5.91 Å². The van der Waals surface area contributed by atoms with Crippen LogP contribution in [0.15, 0.2) is 52.2 Å². The maximum absolute atomic E-state index is 12.8. The summed E-state index contributed by atoms with van der Waals surface area (Å²) in [7, 11) is 1.64. The molecule has 1 fully saturated rings. The van der Waals surface area contributed by atoms with Crippen LogP contribution >= 0.6 is 11.8 Å². The van der Waals surface area contributed by atoms with Crippen molar-refractivity contribution in [1.29, 1.82) is 0 Å². The summed E-state index contributed by atoms with van der Waals surface area (Å²) >= 11 is 1.42. The number of piperidine rings is 1. The van der Waals surface area contributed by atoms with Crippen LogP contribution in [0, 0.1) is 0 Å². The van der Waals surface area contributed by atoms with Crippen molar-refractivity contribution in [1.82, 2.24) is 19.7 Å². The van der Waals surface area contributed by atoms with Crippen LogP contribution in [0.3, 0.4) is 0 Å². The normalized spacial score (nSPS) is 16.6. The van der Waals surface area contributed by atoms with Crippen molar-refractivity contribution in [2.45, 2.75) is 43.9 Å². The molecule has 1 aliphatic rings. The molecule has 0 N–H and O–H groups in total. The highest BCUT2D eigenvalue weighted by Gasteiger charge is 2.24. The number of thioether (sulfide) groups is 1. The Morgan fingerprint density at radius 2 is 2.17 bits per heavy atom. The van der Waals surface area contributed by atoms with Gasteiger partial charge in [-0.05, 0) is 50.5 Å². The molecule has 0 spiro atoms. The van der Waals surface area contributed by atoms with Crippen LogP contribution in [0.25, 0.3) is 11.4 Å². The maximum Gasteiger partial charge on any atom is 0.233 e. The molecule has 158 valence electrons. The second-order valence-electron chi connectivity index (χ2n) is 7.42. The lowest BCUT2D eigenvalue weighted by atomic mass is 10.0. The van der Waals surface area contributed by atoms with Crippen LogP contribution < -0.4 is 4.74 Å². The second-order valence-corrected chi connectivity index (χ2v) is 8.37. The molecule has 0 bridgehead atoms. The van der Waals surface area contributed by atoms with Crippen molar-refractivity contribution in [2.75, 3.05) is 19.4 Å². The number of carbonyl (C=O) groups excluding carboxylic acids is 1. The van der Waals surface area contributed by atoms with Crippen molar-refractivity contribution in [2.24, 2.45) is 0 Å². The van der Waals surface area contributed by atoms with Crippen LogP contribution in [0.5, 0.6) is 5.75 Å². The number of ether oxygens (including phenoxy) is 1. The molecule has 2 aromatic heterocycles. The van der Waals surface area contributed by atoms with Crippen LogP contribution in [0.4, 0.5) is 0 Å². The van der Waals surface area contributed by atoms with Crippen molar-refractivity contribution in [3.8, 4) is 17.1 Å². The molecule has 1 amide bonds. The third-order valence-corrected chi connectivity index (χ3v) is 6.34. The molecule has 0 saturated carbocycles. The number of carbonyl (C=O) groups is 1. The van der Waals surface area contributed by atoms with E-state index >= 15 is 0 Å². The van der Waals surface area contributed by atoms with E-state index in [0.29, 0.717) is 29.3 Å². The molecule has 7 nitrogen and oxygen atoms in total. The van der Waals surface area contributed by atoms with Crippen LogP contribution in [0.2, 0.25) is 0 Å². The van der Waals surface area contributed by atoms with Gasteiger partial charge >= 0.3 is 0 Å². The molecule has 1 saturated heterocycles. The number of amides is 1. The lowest BCUT2D eigenvalue weighted by Crippen LogP contribution is -2.43. The Morgan fingerprint density at radius 1 is 1.27 bits per heavy atom. The summed E-state index contributed by atoms with van der Waals surface area (Å²) in [6.45, 7) is 3.46. The van der Waals surface area contributed by atoms with Gasteiger partial charge in [-0.15, -0.1) is 10.2 Å². The van der Waals surface area contributed by atoms with E-state index in [-0.39, 0.29) is 5.91 Å². The molecule has 3 aromatic rings. The summed E-state index contributed by atoms with van der Waals surface area (Å²) in [6, 6.07) is 11.8. The Balaban J connectivity index is 1.57. The fourth-order valence-corrected chi connectivity index (χ4v) is 4.57. The molecule has 0 aliphatic carbocycles. The average Bonchev–Trinajstić information content (AvgIpc) is 3.43. The van der Waals surface area contributed by atoms with Crippen molar-refractivity contribution in [3.63, 3.8) is 0 Å². The number of hydrogen-bond donors (Lipinski definition) is 0. The molecule has 1 atom stereocenters. The highest BCUT2D eigenvalue weighted by atomic mass is 32.2. The molecule has 4 rings (SSSR count). The Labute approximate surface area is 180 Å². The van der Waals surface area contributed by atoms with Crippen LogP contribution in [-0.4, -0.2) is 51.0 Å². The zero-order valence-corrected chi connectivity index (χ0v) is 18.1. The Hall–Kier alpha value is -2.74. The standard InChI is InChI=1S/C22H26N4O3S/c1-16-7-3-4-11-25(16)20(27)15-30-22-24-23-21(17-8-5-9-18(13-17)28-2)26(22)14-19-10-6-12-29-19/h5-6,8-10,12-13,16H,3-4,7,11,14-15H2,1-2H3. The van der Waals surface area contributed by atoms with Gasteiger partial charge in [0, 0.05) is 18.2 Å². The quantitative estimate of drug-likeness (QED) is 0.530. The number of methoxy groups -OCH3 is 1. The smallest absolute Gasteiger partial charge is 0.233 e. The minimum atomic E-state index is 0.155. The summed E-state index contributed by atoms with van der Waals surface area (Å²) < 4.78 is 12.9. The van der Waals surface area contributed by atoms with E-state index in [0.717, 1.165) is 36.5 Å². The third kappa shape index (κ3) is 4.53. The van der Waals surface area contributed by atoms with Gasteiger partial charge in [0.1, 0.15) is 11.5 Å². The largest absolute Gasteiger partial charge is 0.497 e. The van der Waals surface area contributed by atoms with E-state index in [4.69, 9.17) is 9.15 Å². The monoisotopic (exact) mass is 426 g/mol. The van der Waals surface area contributed by atoms with Crippen LogP contribution in [0.1, 0.15) is 31.9 Å². The van der Waals surface area contributed by atoms with Gasteiger partial charge in [0.15, 0.2) is 11.0 Å². The van der Waals surface area contributed by atoms with E-state index in [1.807, 2.05) is 45.9 Å². The van der Waals surface area contributed by atoms with Gasteiger partial charge in [0.25, 0.3) is 0 Å². The van der Waals surface area contributed by atoms with Gasteiger partial charge < -0.3 is 14.1 Å². The minimum absolute atomic E-state index is 0.155. The molecule has 8 heteroatoms. The zero-order chi connectivity index (χ0) is 20.9. The number of benzene rings is 1. The molecule has 3 heterocycles. The first-order chi connectivity index (χ1) is 14.7. The van der Waals surface area contributed by atoms with Crippen molar-refractivity contribution in [3.05, 3.63) is 48.4 Å². The Bertz CT molecular complexity index is 986. The first-order valence-corrected chi connectivity index (χ1v) is 11.2. The molecule has 30 heavy (non-hydrogen) atoms. The fraction of sp³-hybridized carbons (Fsp3) is 0.409. The summed E-state index contributed by atoms with van der Waals surface area (Å²) in [5.41, 5.74) is 0.899. The number of likely N-dealkylation sites (tertiary alicyclic amines) is 1. The number of furan rings is 1. The number of nitrogens with zero attached hydrogens (tertiary/aromatic N) is 4. The van der Waals surface area contributed by atoms with Gasteiger partial charge in [-0.2, -0.15) is 0 Å². The minimum Gasteiger partial charge on any atom is -0.497 e. The predicted octanol–water partition coefficient (Wildman–Crippen LogP) is 4.09. The topological polar surface area (TPSA) is 73.4 Å². The lowest BCUT2D eigenvalue weighted by Gasteiger charge is -2.33. The molecular weight excluding hydrogens is 400 g/mol. The zero-order valence-electron chi connectivity index (χ0n) is 17.3. The van der Waals surface area contributed by atoms with E-state index in [2.05, 4.69) is 17.1 Å². The molecule has 0 radical (unpaired) electrons. The first-order valence-electron chi connectivity index (χ1n) is 10.2. The first kappa shape index (κ1) is 20.5. The third-order valence-electron chi connectivity index (χ3n) is 5.39. The summed E-state index contributed by atoms with van der Waals surface area (Å²) in [6.07, 6.45) is 5.00. The van der Waals surface area contributed by atoms with E-state index in [1.165, 1.54) is 18.2 Å². The Kier molecular flexibility index (Phi) is 6.42. The van der Waals surface area contributed by atoms with Gasteiger partial charge in [-0.25, -0.2) is 0 Å². The summed E-state index contributed by atoms with van der Waals surface area (Å²) in [5, 5.41) is 9.50. The van der Waals surface area contributed by atoms with E-state index < -0.39 is 0 Å². The molecule has 1 unspecified atom stereocenters. The number of aromatic nitrogens is 3. The van der Waals surface area contributed by atoms with Crippen molar-refractivity contribution < 1.29 is 13.9 Å². The van der Waals surface area contributed by atoms with Gasteiger partial charge in [-0.3, -0.25) is 9.36 Å². The second kappa shape index (κ2) is 9.38. The molecular formula is C22H26N4O3S. The SMILES string of the molecule is COc1cccc(-c2nnc(SCC(=O)N3CCCCC3C)n2Cc2ccco2)c1. The van der Waals surface area contributed by atoms with E-state index in [9.17, 15) is 4.79 Å². The number of hydrogen-bond acceptors (Lipinski definition) is 6. The fourth-order valence-electron chi connectivity index (χ4n) is 3.75. The average molecular weight is 427 g/mol. The maximum atomic E-state index is 12.8. The lowest BCUT2D eigenvalue weighted by molar-refractivity contribution is -0.131. The van der Waals surface area contributed by atoms with Gasteiger partial charge in [-0.1, -0.05) is 23.9 Å². The van der Waals surface area contributed by atoms with Gasteiger partial charge in [0.05, 0.1) is 25.7 Å². The molecule has 1 aliphatic heterocycles. The highest BCUT2D eigenvalue weighted by molar-refractivity contribution is 7.99. The van der Waals surface area contributed by atoms with E-state index in [1.54, 1.807) is 13.4 Å². The Morgan fingerprint density at radius 3 is 2.93 bits per heavy atom.